The van der Waals surface area contributed by atoms with Crippen molar-refractivity contribution in [3.8, 4) is 0 Å². The Labute approximate surface area is 134 Å². The quantitative estimate of drug-likeness (QED) is 0.610. The minimum absolute atomic E-state index is 0.136. The fourth-order valence-corrected chi connectivity index (χ4v) is 5.80. The van der Waals surface area contributed by atoms with Gasteiger partial charge >= 0.3 is 0 Å². The van der Waals surface area contributed by atoms with Crippen molar-refractivity contribution in [2.45, 2.75) is 65.4 Å². The molecule has 0 unspecified atom stereocenters. The number of hydrogen-bond donors (Lipinski definition) is 1. The average molecular weight is 302 g/mol. The van der Waals surface area contributed by atoms with Crippen molar-refractivity contribution in [2.24, 2.45) is 28.1 Å². The maximum Gasteiger partial charge on any atom is 0.128 e. The molecule has 0 spiro atoms. The number of aliphatic hydroxyl groups is 1. The maximum atomic E-state index is 11.8. The number of hydrogen-bond acceptors (Lipinski definition) is 2. The fraction of sp³-hybridized carbons (Fsp3) is 0.750. The normalized spacial score (nSPS) is 51.3. The highest BCUT2D eigenvalue weighted by Crippen LogP contribution is 2.63. The molecule has 2 nitrogen and oxygen atoms in total. The Bertz CT molecular complexity index is 522. The molecule has 0 aromatic heterocycles. The van der Waals surface area contributed by atoms with Crippen LogP contribution < -0.4 is 0 Å². The fourth-order valence-electron chi connectivity index (χ4n) is 5.80. The van der Waals surface area contributed by atoms with Crippen molar-refractivity contribution >= 4 is 6.29 Å². The first-order chi connectivity index (χ1) is 10.3. The SMILES string of the molecule is C=C[C@]1(C)C=C2CC[C@H]3[C@](C)(C=O)[C@@H](O)CC[C@]3(C)[C@H]2CC1. The topological polar surface area (TPSA) is 37.3 Å². The average Bonchev–Trinajstić information content (AvgIpc) is 2.51. The number of carbonyl (C=O) groups excluding carboxylic acids is 1. The van der Waals surface area contributed by atoms with Crippen molar-refractivity contribution in [3.05, 3.63) is 24.3 Å². The third-order valence-electron chi connectivity index (χ3n) is 7.39. The number of allylic oxidation sites excluding steroid dienone is 3. The second-order valence-electron chi connectivity index (χ2n) is 8.66. The van der Waals surface area contributed by atoms with E-state index in [1.165, 1.54) is 6.42 Å². The third kappa shape index (κ3) is 2.06. The molecule has 0 bridgehead atoms. The van der Waals surface area contributed by atoms with E-state index in [1.807, 2.05) is 6.92 Å². The van der Waals surface area contributed by atoms with Gasteiger partial charge in [0.1, 0.15) is 6.29 Å². The van der Waals surface area contributed by atoms with Crippen LogP contribution in [0.4, 0.5) is 0 Å². The summed E-state index contributed by atoms with van der Waals surface area (Å²) in [6, 6.07) is 0. The van der Waals surface area contributed by atoms with Crippen molar-refractivity contribution in [3.63, 3.8) is 0 Å². The predicted molar refractivity (Wildman–Crippen MR) is 89.4 cm³/mol. The van der Waals surface area contributed by atoms with Crippen LogP contribution in [0.5, 0.6) is 0 Å². The van der Waals surface area contributed by atoms with Crippen LogP contribution in [-0.2, 0) is 4.79 Å². The van der Waals surface area contributed by atoms with Crippen molar-refractivity contribution in [2.75, 3.05) is 0 Å². The molecule has 3 aliphatic carbocycles. The van der Waals surface area contributed by atoms with Gasteiger partial charge < -0.3 is 9.90 Å². The van der Waals surface area contributed by atoms with E-state index < -0.39 is 11.5 Å². The monoisotopic (exact) mass is 302 g/mol. The van der Waals surface area contributed by atoms with Crippen LogP contribution >= 0.6 is 0 Å². The molecule has 6 atom stereocenters. The Morgan fingerprint density at radius 3 is 2.59 bits per heavy atom. The number of fused-ring (bicyclic) bond motifs is 3. The van der Waals surface area contributed by atoms with E-state index in [4.69, 9.17) is 0 Å². The lowest BCUT2D eigenvalue weighted by Crippen LogP contribution is -2.57. The van der Waals surface area contributed by atoms with Gasteiger partial charge in [-0.15, -0.1) is 6.58 Å². The number of aldehydes is 1. The van der Waals surface area contributed by atoms with Gasteiger partial charge in [-0.3, -0.25) is 0 Å². The van der Waals surface area contributed by atoms with Gasteiger partial charge in [-0.05, 0) is 55.8 Å². The summed E-state index contributed by atoms with van der Waals surface area (Å²) in [5.41, 5.74) is 1.30. The zero-order valence-corrected chi connectivity index (χ0v) is 14.3. The van der Waals surface area contributed by atoms with Crippen LogP contribution in [0.2, 0.25) is 0 Å². The van der Waals surface area contributed by atoms with Gasteiger partial charge in [-0.2, -0.15) is 0 Å². The van der Waals surface area contributed by atoms with Gasteiger partial charge in [0.15, 0.2) is 0 Å². The Kier molecular flexibility index (Phi) is 3.67. The van der Waals surface area contributed by atoms with E-state index in [2.05, 4.69) is 32.6 Å². The zero-order chi connectivity index (χ0) is 16.2. The van der Waals surface area contributed by atoms with E-state index in [-0.39, 0.29) is 10.8 Å². The lowest BCUT2D eigenvalue weighted by molar-refractivity contribution is -0.153. The van der Waals surface area contributed by atoms with E-state index in [9.17, 15) is 9.90 Å². The maximum absolute atomic E-state index is 11.8. The van der Waals surface area contributed by atoms with Gasteiger partial charge in [0, 0.05) is 5.41 Å². The lowest BCUT2D eigenvalue weighted by atomic mass is 9.45. The second kappa shape index (κ2) is 5.06. The molecule has 122 valence electrons. The Morgan fingerprint density at radius 2 is 1.95 bits per heavy atom. The van der Waals surface area contributed by atoms with Gasteiger partial charge in [0.2, 0.25) is 0 Å². The molecule has 0 amide bonds. The van der Waals surface area contributed by atoms with Gasteiger partial charge in [-0.25, -0.2) is 0 Å². The summed E-state index contributed by atoms with van der Waals surface area (Å²) < 4.78 is 0. The van der Waals surface area contributed by atoms with E-state index in [1.54, 1.807) is 5.57 Å². The largest absolute Gasteiger partial charge is 0.392 e. The van der Waals surface area contributed by atoms with Crippen molar-refractivity contribution < 1.29 is 9.90 Å². The van der Waals surface area contributed by atoms with Crippen LogP contribution in [0.1, 0.15) is 59.3 Å². The molecule has 0 aliphatic heterocycles. The number of aliphatic hydroxyl groups excluding tert-OH is 1. The van der Waals surface area contributed by atoms with E-state index in [0.717, 1.165) is 38.4 Å². The molecule has 22 heavy (non-hydrogen) atoms. The first-order valence-corrected chi connectivity index (χ1v) is 8.79. The third-order valence-corrected chi connectivity index (χ3v) is 7.39. The molecule has 0 saturated heterocycles. The molecule has 0 aromatic carbocycles. The van der Waals surface area contributed by atoms with Crippen LogP contribution in [0.15, 0.2) is 24.3 Å². The van der Waals surface area contributed by atoms with Crippen LogP contribution in [-0.4, -0.2) is 17.5 Å². The molecular formula is C20H30O2. The second-order valence-corrected chi connectivity index (χ2v) is 8.66. The highest BCUT2D eigenvalue weighted by Gasteiger charge is 2.58. The molecule has 0 heterocycles. The summed E-state index contributed by atoms with van der Waals surface area (Å²) in [5.74, 6) is 0.877. The summed E-state index contributed by atoms with van der Waals surface area (Å²) in [7, 11) is 0. The minimum Gasteiger partial charge on any atom is -0.392 e. The van der Waals surface area contributed by atoms with E-state index >= 15 is 0 Å². The molecule has 3 aliphatic rings. The Hall–Kier alpha value is -0.890. The van der Waals surface area contributed by atoms with Crippen LogP contribution in [0.25, 0.3) is 0 Å². The first kappa shape index (κ1) is 16.0. The van der Waals surface area contributed by atoms with Crippen LogP contribution in [0, 0.1) is 28.1 Å². The van der Waals surface area contributed by atoms with Gasteiger partial charge in [0.25, 0.3) is 0 Å². The summed E-state index contributed by atoms with van der Waals surface area (Å²) in [5, 5.41) is 10.4. The summed E-state index contributed by atoms with van der Waals surface area (Å²) >= 11 is 0. The predicted octanol–water partition coefficient (Wildman–Crippen LogP) is 4.29. The highest BCUT2D eigenvalue weighted by atomic mass is 16.3. The van der Waals surface area contributed by atoms with Crippen molar-refractivity contribution in [1.29, 1.82) is 0 Å². The number of rotatable bonds is 2. The van der Waals surface area contributed by atoms with Crippen molar-refractivity contribution in [1.82, 2.24) is 0 Å². The summed E-state index contributed by atoms with van der Waals surface area (Å²) in [4.78, 5) is 11.8. The van der Waals surface area contributed by atoms with Gasteiger partial charge in [-0.1, -0.05) is 38.5 Å². The molecule has 2 saturated carbocycles. The minimum atomic E-state index is -0.572. The molecule has 1 N–H and O–H groups in total. The smallest absolute Gasteiger partial charge is 0.128 e. The Balaban J connectivity index is 2.00. The van der Waals surface area contributed by atoms with Gasteiger partial charge in [0.05, 0.1) is 11.5 Å². The zero-order valence-electron chi connectivity index (χ0n) is 14.3. The standard InChI is InChI=1S/C20H30O2/c1-5-18(2)10-8-15-14(12-18)6-7-16-19(15,3)11-9-17(22)20(16,4)13-21/h5,12-13,15-17,22H,1,6-11H2,2-4H3/t15-,16+,17-,18-,19+,20-/m0/s1. The molecule has 0 radical (unpaired) electrons. The van der Waals surface area contributed by atoms with E-state index in [0.29, 0.717) is 11.8 Å². The molecular weight excluding hydrogens is 272 g/mol. The van der Waals surface area contributed by atoms with Crippen LogP contribution in [0.3, 0.4) is 0 Å². The molecule has 2 heteroatoms. The number of carbonyl (C=O) groups is 1. The summed E-state index contributed by atoms with van der Waals surface area (Å²) in [6.45, 7) is 10.6. The molecule has 3 rings (SSSR count). The summed E-state index contributed by atoms with van der Waals surface area (Å²) in [6.07, 6.45) is 11.3. The lowest BCUT2D eigenvalue weighted by Gasteiger charge is -2.60. The highest BCUT2D eigenvalue weighted by molar-refractivity contribution is 5.61. The Morgan fingerprint density at radius 1 is 1.23 bits per heavy atom. The molecule has 2 fully saturated rings. The molecule has 0 aromatic rings. The first-order valence-electron chi connectivity index (χ1n) is 8.79.